The molecule has 1 aliphatic rings. The van der Waals surface area contributed by atoms with Gasteiger partial charge in [-0.05, 0) is 13.0 Å². The number of urea groups is 1. The summed E-state index contributed by atoms with van der Waals surface area (Å²) < 4.78 is 38.2. The van der Waals surface area contributed by atoms with Crippen molar-refractivity contribution < 1.29 is 27.6 Å². The summed E-state index contributed by atoms with van der Waals surface area (Å²) in [4.78, 5) is 44.7. The van der Waals surface area contributed by atoms with Crippen molar-refractivity contribution in [1.29, 1.82) is 0 Å². The van der Waals surface area contributed by atoms with Gasteiger partial charge in [-0.15, -0.1) is 0 Å². The highest BCUT2D eigenvalue weighted by Crippen LogP contribution is 2.27. The van der Waals surface area contributed by atoms with Gasteiger partial charge in [-0.1, -0.05) is 0 Å². The lowest BCUT2D eigenvalue weighted by Crippen LogP contribution is -2.37. The summed E-state index contributed by atoms with van der Waals surface area (Å²) >= 11 is 0. The molecule has 1 saturated heterocycles. The van der Waals surface area contributed by atoms with E-state index in [1.54, 1.807) is 0 Å². The summed E-state index contributed by atoms with van der Waals surface area (Å²) in [6.07, 6.45) is -4.92. The van der Waals surface area contributed by atoms with Gasteiger partial charge in [-0.2, -0.15) is 13.2 Å². The molecular weight excluding hydrogens is 343 g/mol. The fraction of sp³-hybridized carbons (Fsp3) is 0.500. The van der Waals surface area contributed by atoms with Crippen molar-refractivity contribution in [2.75, 3.05) is 14.1 Å². The van der Waals surface area contributed by atoms with Crippen LogP contribution in [-0.2, 0) is 22.3 Å². The fourth-order valence-corrected chi connectivity index (χ4v) is 2.36. The number of rotatable bonds is 4. The lowest BCUT2D eigenvalue weighted by molar-refractivity contribution is -0.141. The van der Waals surface area contributed by atoms with E-state index in [-0.39, 0.29) is 24.5 Å². The van der Waals surface area contributed by atoms with E-state index in [4.69, 9.17) is 0 Å². The van der Waals surface area contributed by atoms with Crippen molar-refractivity contribution in [3.63, 3.8) is 0 Å². The molecule has 4 amide bonds. The second-order valence-corrected chi connectivity index (χ2v) is 5.60. The number of alkyl halides is 3. The van der Waals surface area contributed by atoms with E-state index >= 15 is 0 Å². The highest BCUT2D eigenvalue weighted by atomic mass is 19.4. The Bertz CT molecular complexity index is 722. The van der Waals surface area contributed by atoms with Crippen molar-refractivity contribution in [2.45, 2.75) is 32.1 Å². The van der Waals surface area contributed by atoms with Gasteiger partial charge in [0.1, 0.15) is 17.6 Å². The Morgan fingerprint density at radius 3 is 2.44 bits per heavy atom. The average molecular weight is 359 g/mol. The van der Waals surface area contributed by atoms with Crippen molar-refractivity contribution in [3.05, 3.63) is 23.3 Å². The van der Waals surface area contributed by atoms with E-state index < -0.39 is 35.8 Å². The molecule has 0 saturated carbocycles. The Morgan fingerprint density at radius 2 is 1.92 bits per heavy atom. The molecule has 8 nitrogen and oxygen atoms in total. The number of nitrogens with zero attached hydrogens (tertiary/aromatic N) is 4. The van der Waals surface area contributed by atoms with Crippen molar-refractivity contribution in [2.24, 2.45) is 0 Å². The highest BCUT2D eigenvalue weighted by Gasteiger charge is 2.41. The smallest absolute Gasteiger partial charge is 0.349 e. The molecule has 1 atom stereocenters. The molecule has 0 bridgehead atoms. The summed E-state index contributed by atoms with van der Waals surface area (Å²) in [7, 11) is 2.69. The number of hydrogen-bond acceptors (Lipinski definition) is 5. The van der Waals surface area contributed by atoms with Crippen LogP contribution in [0.5, 0.6) is 0 Å². The Labute approximate surface area is 141 Å². The van der Waals surface area contributed by atoms with Crippen LogP contribution < -0.4 is 5.32 Å². The van der Waals surface area contributed by atoms with Gasteiger partial charge < -0.3 is 10.2 Å². The topological polar surface area (TPSA) is 95.5 Å². The standard InChI is InChI=1S/C14H16F3N5O3/c1-7-4-9(14(15,16)17)20-10(19-7)6-18-11(23)5-8-12(24)22(3)13(25)21(8)2/h4,8H,5-6H2,1-3H3,(H,18,23)/t8-/m1/s1. The van der Waals surface area contributed by atoms with Gasteiger partial charge in [-0.25, -0.2) is 14.8 Å². The van der Waals surface area contributed by atoms with Crippen LogP contribution in [0.4, 0.5) is 18.0 Å². The summed E-state index contributed by atoms with van der Waals surface area (Å²) in [5.41, 5.74) is -0.980. The minimum absolute atomic E-state index is 0.115. The monoisotopic (exact) mass is 359 g/mol. The third kappa shape index (κ3) is 4.03. The van der Waals surface area contributed by atoms with Gasteiger partial charge in [-0.3, -0.25) is 14.5 Å². The summed E-state index contributed by atoms with van der Waals surface area (Å²) in [6, 6.07) is -0.667. The number of hydrogen-bond donors (Lipinski definition) is 1. The molecular formula is C14H16F3N5O3. The maximum Gasteiger partial charge on any atom is 0.433 e. The molecule has 1 aliphatic heterocycles. The number of imide groups is 1. The molecule has 1 N–H and O–H groups in total. The number of aromatic nitrogens is 2. The zero-order chi connectivity index (χ0) is 18.9. The van der Waals surface area contributed by atoms with Gasteiger partial charge in [0, 0.05) is 19.8 Å². The summed E-state index contributed by atoms with van der Waals surface area (Å²) in [5.74, 6) is -1.32. The summed E-state index contributed by atoms with van der Waals surface area (Å²) in [5, 5.41) is 2.36. The molecule has 0 spiro atoms. The number of amides is 4. The second-order valence-electron chi connectivity index (χ2n) is 5.60. The van der Waals surface area contributed by atoms with Crippen LogP contribution in [0.15, 0.2) is 6.07 Å². The number of carbonyl (C=O) groups excluding carboxylic acids is 3. The van der Waals surface area contributed by atoms with Gasteiger partial charge in [0.05, 0.1) is 13.0 Å². The Hall–Kier alpha value is -2.72. The van der Waals surface area contributed by atoms with Crippen LogP contribution in [0.25, 0.3) is 0 Å². The van der Waals surface area contributed by atoms with Crippen LogP contribution in [0.3, 0.4) is 0 Å². The van der Waals surface area contributed by atoms with Gasteiger partial charge in [0.15, 0.2) is 0 Å². The first-order valence-corrected chi connectivity index (χ1v) is 7.23. The Morgan fingerprint density at radius 1 is 1.28 bits per heavy atom. The van der Waals surface area contributed by atoms with Gasteiger partial charge >= 0.3 is 12.2 Å². The molecule has 0 unspecified atom stereocenters. The zero-order valence-corrected chi connectivity index (χ0v) is 13.7. The molecule has 0 aliphatic carbocycles. The molecule has 136 valence electrons. The first-order valence-electron chi connectivity index (χ1n) is 7.23. The van der Waals surface area contributed by atoms with E-state index in [9.17, 15) is 27.6 Å². The first kappa shape index (κ1) is 18.6. The zero-order valence-electron chi connectivity index (χ0n) is 13.7. The van der Waals surface area contributed by atoms with Crippen LogP contribution in [-0.4, -0.2) is 57.8 Å². The third-order valence-corrected chi connectivity index (χ3v) is 3.69. The van der Waals surface area contributed by atoms with E-state index in [1.807, 2.05) is 0 Å². The number of halogens is 3. The minimum atomic E-state index is -4.61. The number of likely N-dealkylation sites (N-methyl/N-ethyl adjacent to an activating group) is 2. The van der Waals surface area contributed by atoms with Crippen molar-refractivity contribution in [3.8, 4) is 0 Å². The normalized spacial score (nSPS) is 18.1. The predicted octanol–water partition coefficient (Wildman–Crippen LogP) is 0.703. The van der Waals surface area contributed by atoms with E-state index in [0.29, 0.717) is 0 Å². The van der Waals surface area contributed by atoms with E-state index in [1.165, 1.54) is 21.0 Å². The van der Waals surface area contributed by atoms with Crippen LogP contribution in [0, 0.1) is 6.92 Å². The SMILES string of the molecule is Cc1cc(C(F)(F)F)nc(CNC(=O)C[C@@H]2C(=O)N(C)C(=O)N2C)n1. The average Bonchev–Trinajstić information content (AvgIpc) is 2.69. The predicted molar refractivity (Wildman–Crippen MR) is 78.0 cm³/mol. The van der Waals surface area contributed by atoms with Crippen LogP contribution in [0.2, 0.25) is 0 Å². The molecule has 2 rings (SSSR count). The third-order valence-electron chi connectivity index (χ3n) is 3.69. The molecule has 0 radical (unpaired) electrons. The molecule has 2 heterocycles. The lowest BCUT2D eigenvalue weighted by atomic mass is 10.2. The van der Waals surface area contributed by atoms with Crippen molar-refractivity contribution in [1.82, 2.24) is 25.1 Å². The minimum Gasteiger partial charge on any atom is -0.349 e. The highest BCUT2D eigenvalue weighted by molar-refractivity contribution is 6.05. The van der Waals surface area contributed by atoms with Gasteiger partial charge in [0.2, 0.25) is 5.91 Å². The van der Waals surface area contributed by atoms with E-state index in [0.717, 1.165) is 15.9 Å². The van der Waals surface area contributed by atoms with Crippen LogP contribution >= 0.6 is 0 Å². The number of aryl methyl sites for hydroxylation is 1. The molecule has 11 heteroatoms. The lowest BCUT2D eigenvalue weighted by Gasteiger charge is -2.15. The molecule has 1 aromatic rings. The number of nitrogens with one attached hydrogen (secondary N) is 1. The quantitative estimate of drug-likeness (QED) is 0.799. The van der Waals surface area contributed by atoms with E-state index in [2.05, 4.69) is 15.3 Å². The Kier molecular flexibility index (Phi) is 4.95. The van der Waals surface area contributed by atoms with Crippen molar-refractivity contribution >= 4 is 17.8 Å². The maximum absolute atomic E-state index is 12.7. The molecule has 0 aromatic carbocycles. The Balaban J connectivity index is 2.00. The molecule has 1 aromatic heterocycles. The fourth-order valence-electron chi connectivity index (χ4n) is 2.36. The maximum atomic E-state index is 12.7. The second kappa shape index (κ2) is 6.65. The van der Waals surface area contributed by atoms with Gasteiger partial charge in [0.25, 0.3) is 5.91 Å². The summed E-state index contributed by atoms with van der Waals surface area (Å²) in [6.45, 7) is 1.06. The molecule has 1 fully saturated rings. The van der Waals surface area contributed by atoms with Crippen LogP contribution in [0.1, 0.15) is 23.6 Å². The largest absolute Gasteiger partial charge is 0.433 e. The number of carbonyl (C=O) groups is 3. The molecule has 25 heavy (non-hydrogen) atoms. The first-order chi connectivity index (χ1) is 11.5.